The van der Waals surface area contributed by atoms with Gasteiger partial charge in [0.15, 0.2) is 6.61 Å². The van der Waals surface area contributed by atoms with Crippen molar-refractivity contribution in [3.8, 4) is 5.75 Å². The highest BCUT2D eigenvalue weighted by molar-refractivity contribution is 9.10. The van der Waals surface area contributed by atoms with Crippen molar-refractivity contribution in [1.82, 2.24) is 9.21 Å². The van der Waals surface area contributed by atoms with E-state index in [2.05, 4.69) is 15.9 Å². The van der Waals surface area contributed by atoms with E-state index >= 15 is 0 Å². The molecule has 3 rings (SSSR count). The van der Waals surface area contributed by atoms with Crippen LogP contribution in [0.2, 0.25) is 0 Å². The number of carbonyl (C=O) groups excluding carboxylic acids is 1. The number of amides is 1. The minimum Gasteiger partial charge on any atom is -0.483 e. The van der Waals surface area contributed by atoms with E-state index in [-0.39, 0.29) is 30.5 Å². The van der Waals surface area contributed by atoms with Gasteiger partial charge >= 0.3 is 0 Å². The average molecular weight is 467 g/mol. The number of ether oxygens (including phenoxy) is 1. The Morgan fingerprint density at radius 1 is 1.00 bits per heavy atom. The molecule has 0 radical (unpaired) electrons. The predicted molar refractivity (Wildman–Crippen MR) is 111 cm³/mol. The Balaban J connectivity index is 1.55. The van der Waals surface area contributed by atoms with Crippen LogP contribution in [0, 0.1) is 13.8 Å². The third-order valence-corrected chi connectivity index (χ3v) is 7.22. The Morgan fingerprint density at radius 3 is 2.21 bits per heavy atom. The van der Waals surface area contributed by atoms with E-state index in [9.17, 15) is 13.2 Å². The molecule has 2 aromatic carbocycles. The minimum atomic E-state index is -3.53. The highest BCUT2D eigenvalue weighted by atomic mass is 79.9. The highest BCUT2D eigenvalue weighted by Crippen LogP contribution is 2.26. The summed E-state index contributed by atoms with van der Waals surface area (Å²) >= 11 is 3.43. The summed E-state index contributed by atoms with van der Waals surface area (Å²) in [6, 6.07) is 12.5. The van der Waals surface area contributed by atoms with Crippen molar-refractivity contribution >= 4 is 31.9 Å². The lowest BCUT2D eigenvalue weighted by Crippen LogP contribution is -2.51. The zero-order chi connectivity index (χ0) is 20.3. The van der Waals surface area contributed by atoms with Crippen LogP contribution < -0.4 is 4.74 Å². The number of halogens is 1. The fourth-order valence-electron chi connectivity index (χ4n) is 2.99. The summed E-state index contributed by atoms with van der Waals surface area (Å²) in [5, 5.41) is 0. The molecule has 150 valence electrons. The van der Waals surface area contributed by atoms with Gasteiger partial charge in [-0.15, -0.1) is 0 Å². The summed E-state index contributed by atoms with van der Waals surface area (Å²) in [6.07, 6.45) is 0. The third kappa shape index (κ3) is 4.74. The Bertz CT molecular complexity index is 953. The minimum absolute atomic E-state index is 0.0770. The SMILES string of the molecule is Cc1ccc(S(=O)(=O)N2CCN(C(=O)COc3ccc(C)cc3Br)CC2)cc1. The number of hydrogen-bond acceptors (Lipinski definition) is 4. The molecule has 1 fully saturated rings. The third-order valence-electron chi connectivity index (χ3n) is 4.69. The van der Waals surface area contributed by atoms with E-state index in [1.165, 1.54) is 4.31 Å². The van der Waals surface area contributed by atoms with Gasteiger partial charge < -0.3 is 9.64 Å². The monoisotopic (exact) mass is 466 g/mol. The van der Waals surface area contributed by atoms with Crippen LogP contribution in [0.3, 0.4) is 0 Å². The molecule has 8 heteroatoms. The predicted octanol–water partition coefficient (Wildman–Crippen LogP) is 2.98. The maximum atomic E-state index is 12.7. The van der Waals surface area contributed by atoms with Gasteiger partial charge in [-0.3, -0.25) is 4.79 Å². The Hall–Kier alpha value is -1.90. The second kappa shape index (κ2) is 8.63. The van der Waals surface area contributed by atoms with E-state index in [4.69, 9.17) is 4.74 Å². The number of sulfonamides is 1. The summed E-state index contributed by atoms with van der Waals surface area (Å²) in [5.74, 6) is 0.458. The maximum absolute atomic E-state index is 12.7. The standard InChI is InChI=1S/C20H23BrN2O4S/c1-15-3-6-17(7-4-15)28(25,26)23-11-9-22(10-12-23)20(24)14-27-19-8-5-16(2)13-18(19)21/h3-8,13H,9-12,14H2,1-2H3. The van der Waals surface area contributed by atoms with Gasteiger partial charge in [-0.1, -0.05) is 23.8 Å². The molecule has 0 spiro atoms. The zero-order valence-electron chi connectivity index (χ0n) is 15.9. The smallest absolute Gasteiger partial charge is 0.260 e. The lowest BCUT2D eigenvalue weighted by molar-refractivity contribution is -0.134. The Labute approximate surface area is 174 Å². The largest absolute Gasteiger partial charge is 0.483 e. The molecular weight excluding hydrogens is 444 g/mol. The second-order valence-electron chi connectivity index (χ2n) is 6.82. The van der Waals surface area contributed by atoms with Gasteiger partial charge in [-0.2, -0.15) is 4.31 Å². The van der Waals surface area contributed by atoms with Crippen LogP contribution in [-0.4, -0.2) is 56.3 Å². The second-order valence-corrected chi connectivity index (χ2v) is 9.61. The van der Waals surface area contributed by atoms with Crippen molar-refractivity contribution in [1.29, 1.82) is 0 Å². The quantitative estimate of drug-likeness (QED) is 0.679. The van der Waals surface area contributed by atoms with E-state index in [1.54, 1.807) is 29.2 Å². The first-order chi connectivity index (χ1) is 13.3. The van der Waals surface area contributed by atoms with Crippen LogP contribution >= 0.6 is 15.9 Å². The molecule has 0 N–H and O–H groups in total. The highest BCUT2D eigenvalue weighted by Gasteiger charge is 2.30. The summed E-state index contributed by atoms with van der Waals surface area (Å²) < 4.78 is 33.3. The number of rotatable bonds is 5. The first kappa shape index (κ1) is 20.8. The maximum Gasteiger partial charge on any atom is 0.260 e. The van der Waals surface area contributed by atoms with Gasteiger partial charge in [0.2, 0.25) is 10.0 Å². The number of aryl methyl sites for hydroxylation is 2. The molecule has 0 aromatic heterocycles. The van der Waals surface area contributed by atoms with Gasteiger partial charge in [0, 0.05) is 26.2 Å². The molecule has 1 aliphatic rings. The number of carbonyl (C=O) groups is 1. The van der Waals surface area contributed by atoms with Gasteiger partial charge in [0.25, 0.3) is 5.91 Å². The molecule has 1 heterocycles. The Kier molecular flexibility index (Phi) is 6.42. The van der Waals surface area contributed by atoms with E-state index < -0.39 is 10.0 Å². The van der Waals surface area contributed by atoms with Gasteiger partial charge in [-0.05, 0) is 59.6 Å². The van der Waals surface area contributed by atoms with Crippen LogP contribution in [0.25, 0.3) is 0 Å². The molecule has 2 aromatic rings. The summed E-state index contributed by atoms with van der Waals surface area (Å²) in [6.45, 7) is 5.06. The molecule has 0 bridgehead atoms. The lowest BCUT2D eigenvalue weighted by Gasteiger charge is -2.34. The fourth-order valence-corrected chi connectivity index (χ4v) is 5.02. The van der Waals surface area contributed by atoms with Crippen LogP contribution in [0.5, 0.6) is 5.75 Å². The first-order valence-electron chi connectivity index (χ1n) is 9.01. The zero-order valence-corrected chi connectivity index (χ0v) is 18.3. The summed E-state index contributed by atoms with van der Waals surface area (Å²) in [7, 11) is -3.53. The molecule has 28 heavy (non-hydrogen) atoms. The number of benzene rings is 2. The average Bonchev–Trinajstić information content (AvgIpc) is 2.67. The van der Waals surface area contributed by atoms with Crippen LogP contribution in [-0.2, 0) is 14.8 Å². The van der Waals surface area contributed by atoms with Crippen molar-refractivity contribution in [2.75, 3.05) is 32.8 Å². The Morgan fingerprint density at radius 2 is 1.61 bits per heavy atom. The van der Waals surface area contributed by atoms with E-state index in [0.717, 1.165) is 15.6 Å². The number of piperazine rings is 1. The first-order valence-corrected chi connectivity index (χ1v) is 11.2. The van der Waals surface area contributed by atoms with E-state index in [0.29, 0.717) is 18.8 Å². The molecule has 1 saturated heterocycles. The van der Waals surface area contributed by atoms with E-state index in [1.807, 2.05) is 32.0 Å². The molecule has 0 atom stereocenters. The molecular formula is C20H23BrN2O4S. The molecule has 1 amide bonds. The van der Waals surface area contributed by atoms with Crippen LogP contribution in [0.1, 0.15) is 11.1 Å². The van der Waals surface area contributed by atoms with Gasteiger partial charge in [0.05, 0.1) is 9.37 Å². The topological polar surface area (TPSA) is 66.9 Å². The van der Waals surface area contributed by atoms with Crippen molar-refractivity contribution < 1.29 is 17.9 Å². The lowest BCUT2D eigenvalue weighted by atomic mass is 10.2. The number of hydrogen-bond donors (Lipinski definition) is 0. The molecule has 0 saturated carbocycles. The summed E-state index contributed by atoms with van der Waals surface area (Å²) in [4.78, 5) is 14.4. The fraction of sp³-hybridized carbons (Fsp3) is 0.350. The molecule has 6 nitrogen and oxygen atoms in total. The van der Waals surface area contributed by atoms with Crippen LogP contribution in [0.4, 0.5) is 0 Å². The van der Waals surface area contributed by atoms with Crippen molar-refractivity contribution in [2.45, 2.75) is 18.7 Å². The number of nitrogens with zero attached hydrogens (tertiary/aromatic N) is 2. The van der Waals surface area contributed by atoms with Crippen molar-refractivity contribution in [3.05, 3.63) is 58.1 Å². The normalized spacial score (nSPS) is 15.5. The van der Waals surface area contributed by atoms with Gasteiger partial charge in [-0.25, -0.2) is 8.42 Å². The molecule has 0 unspecified atom stereocenters. The molecule has 0 aliphatic carbocycles. The van der Waals surface area contributed by atoms with Gasteiger partial charge in [0.1, 0.15) is 5.75 Å². The molecule has 1 aliphatic heterocycles. The van der Waals surface area contributed by atoms with Crippen LogP contribution in [0.15, 0.2) is 51.8 Å². The van der Waals surface area contributed by atoms with Crippen molar-refractivity contribution in [2.24, 2.45) is 0 Å². The van der Waals surface area contributed by atoms with Crippen molar-refractivity contribution in [3.63, 3.8) is 0 Å². The summed E-state index contributed by atoms with van der Waals surface area (Å²) in [5.41, 5.74) is 2.10.